The van der Waals surface area contributed by atoms with Gasteiger partial charge in [-0.05, 0) is 22.9 Å². The van der Waals surface area contributed by atoms with Gasteiger partial charge in [-0.15, -0.1) is 32.9 Å². The third-order valence-corrected chi connectivity index (χ3v) is 6.17. The monoisotopic (exact) mass is 346 g/mol. The summed E-state index contributed by atoms with van der Waals surface area (Å²) in [7, 11) is 0. The Morgan fingerprint density at radius 3 is 2.18 bits per heavy atom. The summed E-state index contributed by atoms with van der Waals surface area (Å²) < 4.78 is 0. The fourth-order valence-corrected chi connectivity index (χ4v) is 4.71. The highest BCUT2D eigenvalue weighted by Gasteiger charge is 2.19. The van der Waals surface area contributed by atoms with Crippen molar-refractivity contribution in [2.45, 2.75) is 0 Å². The lowest BCUT2D eigenvalue weighted by Crippen LogP contribution is -2.34. The van der Waals surface area contributed by atoms with Crippen molar-refractivity contribution in [3.8, 4) is 21.1 Å². The topological polar surface area (TPSA) is 41.9 Å². The maximum absolute atomic E-state index is 4.85. The highest BCUT2D eigenvalue weighted by Crippen LogP contribution is 2.34. The van der Waals surface area contributed by atoms with Crippen LogP contribution in [0.1, 0.15) is 0 Å². The molecule has 0 bridgehead atoms. The molecule has 0 atom stereocenters. The third kappa shape index (κ3) is 2.76. The van der Waals surface area contributed by atoms with Crippen molar-refractivity contribution in [1.29, 1.82) is 0 Å². The van der Waals surface area contributed by atoms with Crippen LogP contribution in [0.4, 0.5) is 5.95 Å². The maximum atomic E-state index is 4.85. The molecule has 0 saturated carbocycles. The average molecular weight is 347 g/mol. The Kier molecular flexibility index (Phi) is 4.09. The Bertz CT molecular complexity index is 734. The van der Waals surface area contributed by atoms with Crippen molar-refractivity contribution in [2.24, 2.45) is 0 Å². The van der Waals surface area contributed by atoms with E-state index >= 15 is 0 Å². The molecule has 1 aliphatic heterocycles. The molecule has 1 fully saturated rings. The van der Waals surface area contributed by atoms with Crippen LogP contribution in [0.5, 0.6) is 0 Å². The van der Waals surface area contributed by atoms with Gasteiger partial charge < -0.3 is 4.90 Å². The van der Waals surface area contributed by atoms with E-state index in [1.807, 2.05) is 17.8 Å². The molecule has 1 saturated heterocycles. The van der Waals surface area contributed by atoms with E-state index in [0.29, 0.717) is 0 Å². The third-order valence-electron chi connectivity index (χ3n) is 3.48. The molecule has 3 aromatic heterocycles. The van der Waals surface area contributed by atoms with Crippen LogP contribution in [0.2, 0.25) is 0 Å². The van der Waals surface area contributed by atoms with Gasteiger partial charge >= 0.3 is 0 Å². The SMILES string of the molecule is c1csc(-c2nnc(N3CCSCC3)nc2-c2cccs2)c1. The number of thioether (sulfide) groups is 1. The van der Waals surface area contributed by atoms with E-state index in [-0.39, 0.29) is 0 Å². The van der Waals surface area contributed by atoms with Gasteiger partial charge in [0.1, 0.15) is 11.4 Å². The van der Waals surface area contributed by atoms with E-state index in [1.54, 1.807) is 22.7 Å². The Hall–Kier alpha value is -1.44. The van der Waals surface area contributed by atoms with Crippen molar-refractivity contribution in [3.05, 3.63) is 35.0 Å². The molecule has 7 heteroatoms. The first-order chi connectivity index (χ1) is 10.9. The van der Waals surface area contributed by atoms with E-state index in [4.69, 9.17) is 4.98 Å². The van der Waals surface area contributed by atoms with Crippen LogP contribution in [-0.4, -0.2) is 39.8 Å². The molecule has 0 amide bonds. The van der Waals surface area contributed by atoms with E-state index < -0.39 is 0 Å². The second kappa shape index (κ2) is 6.36. The maximum Gasteiger partial charge on any atom is 0.246 e. The zero-order valence-corrected chi connectivity index (χ0v) is 14.3. The Morgan fingerprint density at radius 2 is 1.55 bits per heavy atom. The molecule has 4 rings (SSSR count). The van der Waals surface area contributed by atoms with Crippen molar-refractivity contribution >= 4 is 40.4 Å². The van der Waals surface area contributed by atoms with Crippen LogP contribution in [0.3, 0.4) is 0 Å². The fourth-order valence-electron chi connectivity index (χ4n) is 2.38. The Morgan fingerprint density at radius 1 is 0.864 bits per heavy atom. The number of aromatic nitrogens is 3. The summed E-state index contributed by atoms with van der Waals surface area (Å²) in [6.45, 7) is 1.99. The quantitative estimate of drug-likeness (QED) is 0.720. The summed E-state index contributed by atoms with van der Waals surface area (Å²) in [6.07, 6.45) is 0. The van der Waals surface area contributed by atoms with Crippen LogP contribution in [0.15, 0.2) is 35.0 Å². The van der Waals surface area contributed by atoms with Crippen molar-refractivity contribution in [1.82, 2.24) is 15.2 Å². The lowest BCUT2D eigenvalue weighted by atomic mass is 10.2. The molecular formula is C15H14N4S3. The molecule has 112 valence electrons. The van der Waals surface area contributed by atoms with Gasteiger partial charge in [-0.2, -0.15) is 11.8 Å². The zero-order valence-electron chi connectivity index (χ0n) is 11.8. The molecular weight excluding hydrogens is 332 g/mol. The van der Waals surface area contributed by atoms with Gasteiger partial charge in [-0.1, -0.05) is 12.1 Å². The van der Waals surface area contributed by atoms with E-state index in [1.165, 1.54) is 0 Å². The summed E-state index contributed by atoms with van der Waals surface area (Å²) in [5.74, 6) is 3.01. The summed E-state index contributed by atoms with van der Waals surface area (Å²) >= 11 is 5.35. The molecule has 0 aliphatic carbocycles. The smallest absolute Gasteiger partial charge is 0.246 e. The largest absolute Gasteiger partial charge is 0.338 e. The molecule has 0 radical (unpaired) electrons. The summed E-state index contributed by atoms with van der Waals surface area (Å²) in [5.41, 5.74) is 1.83. The van der Waals surface area contributed by atoms with Gasteiger partial charge in [0.2, 0.25) is 5.95 Å². The second-order valence-electron chi connectivity index (χ2n) is 4.86. The number of thiophene rings is 2. The minimum Gasteiger partial charge on any atom is -0.338 e. The normalized spacial score (nSPS) is 15.2. The van der Waals surface area contributed by atoms with Crippen molar-refractivity contribution < 1.29 is 0 Å². The lowest BCUT2D eigenvalue weighted by molar-refractivity contribution is 0.793. The number of anilines is 1. The van der Waals surface area contributed by atoms with Gasteiger partial charge in [0.05, 0.1) is 9.75 Å². The van der Waals surface area contributed by atoms with Gasteiger partial charge in [0.25, 0.3) is 0 Å². The lowest BCUT2D eigenvalue weighted by Gasteiger charge is -2.26. The van der Waals surface area contributed by atoms with Gasteiger partial charge in [0, 0.05) is 24.6 Å². The highest BCUT2D eigenvalue weighted by molar-refractivity contribution is 7.99. The molecule has 0 aromatic carbocycles. The van der Waals surface area contributed by atoms with E-state index in [0.717, 1.165) is 51.7 Å². The minimum absolute atomic E-state index is 0.754. The molecule has 0 N–H and O–H groups in total. The van der Waals surface area contributed by atoms with Crippen LogP contribution in [0.25, 0.3) is 21.1 Å². The molecule has 22 heavy (non-hydrogen) atoms. The fraction of sp³-hybridized carbons (Fsp3) is 0.267. The standard InChI is InChI=1S/C15H14N4S3/c1-3-11(21-7-1)13-14(12-4-2-8-22-12)17-18-15(16-13)19-5-9-20-10-6-19/h1-4,7-8H,5-6,9-10H2. The van der Waals surface area contributed by atoms with Crippen LogP contribution in [0, 0.1) is 0 Å². The van der Waals surface area contributed by atoms with Gasteiger partial charge in [-0.3, -0.25) is 0 Å². The number of nitrogens with zero attached hydrogens (tertiary/aromatic N) is 4. The number of hydrogen-bond acceptors (Lipinski definition) is 7. The first-order valence-corrected chi connectivity index (χ1v) is 9.98. The minimum atomic E-state index is 0.754. The Balaban J connectivity index is 1.79. The molecule has 4 nitrogen and oxygen atoms in total. The first kappa shape index (κ1) is 14.2. The molecule has 0 spiro atoms. The van der Waals surface area contributed by atoms with E-state index in [2.05, 4.69) is 44.1 Å². The van der Waals surface area contributed by atoms with Crippen LogP contribution >= 0.6 is 34.4 Å². The van der Waals surface area contributed by atoms with E-state index in [9.17, 15) is 0 Å². The van der Waals surface area contributed by atoms with Crippen LogP contribution < -0.4 is 4.90 Å². The molecule has 0 unspecified atom stereocenters. The zero-order chi connectivity index (χ0) is 14.8. The van der Waals surface area contributed by atoms with Crippen molar-refractivity contribution in [3.63, 3.8) is 0 Å². The van der Waals surface area contributed by atoms with Crippen molar-refractivity contribution in [2.75, 3.05) is 29.5 Å². The summed E-state index contributed by atoms with van der Waals surface area (Å²) in [6, 6.07) is 8.26. The predicted molar refractivity (Wildman–Crippen MR) is 96.0 cm³/mol. The average Bonchev–Trinajstić information content (AvgIpc) is 3.29. The molecule has 4 heterocycles. The van der Waals surface area contributed by atoms with Crippen LogP contribution in [-0.2, 0) is 0 Å². The first-order valence-electron chi connectivity index (χ1n) is 7.07. The molecule has 3 aromatic rings. The summed E-state index contributed by atoms with van der Waals surface area (Å²) in [4.78, 5) is 9.35. The number of rotatable bonds is 3. The highest BCUT2D eigenvalue weighted by atomic mass is 32.2. The Labute approximate surface area is 141 Å². The van der Waals surface area contributed by atoms with Gasteiger partial charge in [0.15, 0.2) is 0 Å². The summed E-state index contributed by atoms with van der Waals surface area (Å²) in [5, 5.41) is 13.0. The molecule has 1 aliphatic rings. The number of hydrogen-bond donors (Lipinski definition) is 0. The van der Waals surface area contributed by atoms with Gasteiger partial charge in [-0.25, -0.2) is 4.98 Å². The predicted octanol–water partition coefficient (Wildman–Crippen LogP) is 3.88. The second-order valence-corrected chi connectivity index (χ2v) is 7.98.